The van der Waals surface area contributed by atoms with Crippen LogP contribution in [0.15, 0.2) is 60.7 Å². The number of fused-ring (bicyclic) bond motifs is 1. The van der Waals surface area contributed by atoms with Gasteiger partial charge in [0.2, 0.25) is 0 Å². The number of anilines is 1. The molecule has 0 bridgehead atoms. The number of aromatic nitrogens is 3. The first-order chi connectivity index (χ1) is 14.4. The van der Waals surface area contributed by atoms with E-state index in [1.807, 2.05) is 45.0 Å². The van der Waals surface area contributed by atoms with Crippen LogP contribution in [-0.2, 0) is 0 Å². The van der Waals surface area contributed by atoms with Crippen molar-refractivity contribution in [1.82, 2.24) is 15.0 Å². The van der Waals surface area contributed by atoms with Gasteiger partial charge in [-0.1, -0.05) is 11.6 Å². The van der Waals surface area contributed by atoms with Crippen molar-refractivity contribution in [2.24, 2.45) is 0 Å². The second-order valence-corrected chi connectivity index (χ2v) is 7.70. The summed E-state index contributed by atoms with van der Waals surface area (Å²) >= 11 is 5.95. The summed E-state index contributed by atoms with van der Waals surface area (Å²) in [4.78, 5) is 14.2. The molecule has 152 valence electrons. The summed E-state index contributed by atoms with van der Waals surface area (Å²) in [5, 5.41) is 12.7. The highest BCUT2D eigenvalue weighted by Crippen LogP contribution is 2.23. The van der Waals surface area contributed by atoms with E-state index in [0.717, 1.165) is 22.5 Å². The number of carbonyl (C=O) groups excluding carboxylic acids is 1. The van der Waals surface area contributed by atoms with E-state index in [1.165, 1.54) is 0 Å². The average Bonchev–Trinajstić information content (AvgIpc) is 3.11. The lowest BCUT2D eigenvalue weighted by molar-refractivity contribution is 0.102. The van der Waals surface area contributed by atoms with Gasteiger partial charge >= 0.3 is 0 Å². The molecule has 0 aliphatic carbocycles. The Morgan fingerprint density at radius 2 is 1.63 bits per heavy atom. The molecule has 4 aromatic rings. The fourth-order valence-electron chi connectivity index (χ4n) is 3.04. The van der Waals surface area contributed by atoms with Crippen molar-refractivity contribution >= 4 is 34.2 Å². The first-order valence-electron chi connectivity index (χ1n) is 9.61. The topological polar surface area (TPSA) is 69.0 Å². The van der Waals surface area contributed by atoms with E-state index in [1.54, 1.807) is 41.2 Å². The lowest BCUT2D eigenvalue weighted by Gasteiger charge is -2.11. The molecule has 0 saturated carbocycles. The second-order valence-electron chi connectivity index (χ2n) is 7.27. The minimum absolute atomic E-state index is 0.0837. The Kier molecular flexibility index (Phi) is 5.42. The van der Waals surface area contributed by atoms with Crippen LogP contribution in [0.3, 0.4) is 0 Å². The molecule has 3 aromatic carbocycles. The fourth-order valence-corrected chi connectivity index (χ4v) is 3.17. The molecule has 30 heavy (non-hydrogen) atoms. The van der Waals surface area contributed by atoms with Gasteiger partial charge in [-0.25, -0.2) is 0 Å². The number of carbonyl (C=O) groups is 1. The van der Waals surface area contributed by atoms with Gasteiger partial charge in [0.05, 0.1) is 11.8 Å². The van der Waals surface area contributed by atoms with E-state index >= 15 is 0 Å². The van der Waals surface area contributed by atoms with Crippen LogP contribution in [0.25, 0.3) is 16.7 Å². The van der Waals surface area contributed by atoms with Crippen LogP contribution in [0, 0.1) is 6.92 Å². The Bertz CT molecular complexity index is 1200. The average molecular weight is 421 g/mol. The SMILES string of the molecule is Cc1cc2nn(-c3ccc(Cl)cc3)nc2cc1NC(=O)c1ccc(OC(C)C)cc1. The molecule has 0 fully saturated rings. The molecule has 0 spiro atoms. The maximum Gasteiger partial charge on any atom is 0.255 e. The molecule has 1 heterocycles. The molecule has 1 amide bonds. The third kappa shape index (κ3) is 4.28. The largest absolute Gasteiger partial charge is 0.491 e. The summed E-state index contributed by atoms with van der Waals surface area (Å²) in [7, 11) is 0. The number of hydrogen-bond donors (Lipinski definition) is 1. The van der Waals surface area contributed by atoms with Crippen molar-refractivity contribution in [2.45, 2.75) is 26.9 Å². The normalized spacial score (nSPS) is 11.1. The molecule has 0 unspecified atom stereocenters. The molecule has 0 atom stereocenters. The van der Waals surface area contributed by atoms with Crippen LogP contribution in [0.4, 0.5) is 5.69 Å². The van der Waals surface area contributed by atoms with Crippen molar-refractivity contribution in [3.8, 4) is 11.4 Å². The van der Waals surface area contributed by atoms with Crippen LogP contribution < -0.4 is 10.1 Å². The number of aryl methyl sites for hydroxylation is 1. The Labute approximate surface area is 179 Å². The van der Waals surface area contributed by atoms with E-state index < -0.39 is 0 Å². The first kappa shape index (κ1) is 19.9. The summed E-state index contributed by atoms with van der Waals surface area (Å²) in [5.74, 6) is 0.539. The number of nitrogens with zero attached hydrogens (tertiary/aromatic N) is 3. The molecule has 1 N–H and O–H groups in total. The van der Waals surface area contributed by atoms with E-state index in [0.29, 0.717) is 21.8 Å². The summed E-state index contributed by atoms with van der Waals surface area (Å²) in [6.45, 7) is 5.85. The molecule has 0 aliphatic heterocycles. The quantitative estimate of drug-likeness (QED) is 0.468. The number of nitrogens with one attached hydrogen (secondary N) is 1. The number of rotatable bonds is 5. The van der Waals surface area contributed by atoms with Crippen molar-refractivity contribution in [3.05, 3.63) is 76.8 Å². The van der Waals surface area contributed by atoms with E-state index in [4.69, 9.17) is 16.3 Å². The third-order valence-electron chi connectivity index (χ3n) is 4.52. The van der Waals surface area contributed by atoms with Crippen LogP contribution in [0.5, 0.6) is 5.75 Å². The van der Waals surface area contributed by atoms with Crippen LogP contribution >= 0.6 is 11.6 Å². The van der Waals surface area contributed by atoms with Gasteiger partial charge in [-0.15, -0.1) is 10.2 Å². The Morgan fingerprint density at radius 1 is 1.00 bits per heavy atom. The third-order valence-corrected chi connectivity index (χ3v) is 4.77. The van der Waals surface area contributed by atoms with E-state index in [-0.39, 0.29) is 12.0 Å². The fraction of sp³-hybridized carbons (Fsp3) is 0.174. The summed E-state index contributed by atoms with van der Waals surface area (Å²) in [6.07, 6.45) is 0.0837. The lowest BCUT2D eigenvalue weighted by Crippen LogP contribution is -2.13. The minimum Gasteiger partial charge on any atom is -0.491 e. The highest BCUT2D eigenvalue weighted by atomic mass is 35.5. The van der Waals surface area contributed by atoms with Gasteiger partial charge in [-0.05, 0) is 87.0 Å². The Morgan fingerprint density at radius 3 is 2.27 bits per heavy atom. The Hall–Kier alpha value is -3.38. The van der Waals surface area contributed by atoms with Crippen LogP contribution in [0.1, 0.15) is 29.8 Å². The Balaban J connectivity index is 1.57. The molecule has 7 heteroatoms. The van der Waals surface area contributed by atoms with Crippen LogP contribution in [0.2, 0.25) is 5.02 Å². The zero-order chi connectivity index (χ0) is 21.3. The smallest absolute Gasteiger partial charge is 0.255 e. The van der Waals surface area contributed by atoms with Gasteiger partial charge in [0, 0.05) is 16.3 Å². The van der Waals surface area contributed by atoms with Crippen molar-refractivity contribution in [1.29, 1.82) is 0 Å². The zero-order valence-electron chi connectivity index (χ0n) is 16.9. The van der Waals surface area contributed by atoms with Gasteiger partial charge < -0.3 is 10.1 Å². The zero-order valence-corrected chi connectivity index (χ0v) is 17.6. The van der Waals surface area contributed by atoms with E-state index in [9.17, 15) is 4.79 Å². The lowest BCUT2D eigenvalue weighted by atomic mass is 10.1. The van der Waals surface area contributed by atoms with Crippen molar-refractivity contribution < 1.29 is 9.53 Å². The standard InChI is InChI=1S/C23H21ClN4O2/c1-14(2)30-19-10-4-16(5-11-19)23(29)25-20-13-22-21(12-15(20)3)26-28(27-22)18-8-6-17(24)7-9-18/h4-14H,1-3H3,(H,25,29). The van der Waals surface area contributed by atoms with Crippen molar-refractivity contribution in [2.75, 3.05) is 5.32 Å². The molecular formula is C23H21ClN4O2. The highest BCUT2D eigenvalue weighted by Gasteiger charge is 2.12. The minimum atomic E-state index is -0.196. The molecular weight excluding hydrogens is 400 g/mol. The van der Waals surface area contributed by atoms with Gasteiger partial charge in [-0.2, -0.15) is 4.80 Å². The molecule has 6 nitrogen and oxygen atoms in total. The number of ether oxygens (including phenoxy) is 1. The maximum absolute atomic E-state index is 12.7. The molecule has 0 aliphatic rings. The monoisotopic (exact) mass is 420 g/mol. The first-order valence-corrected chi connectivity index (χ1v) is 9.98. The molecule has 0 radical (unpaired) electrons. The second kappa shape index (κ2) is 8.16. The molecule has 0 saturated heterocycles. The van der Waals surface area contributed by atoms with Gasteiger partial charge in [0.1, 0.15) is 16.8 Å². The highest BCUT2D eigenvalue weighted by molar-refractivity contribution is 6.30. The van der Waals surface area contributed by atoms with Crippen LogP contribution in [-0.4, -0.2) is 27.0 Å². The number of amides is 1. The van der Waals surface area contributed by atoms with Gasteiger partial charge in [-0.3, -0.25) is 4.79 Å². The van der Waals surface area contributed by atoms with E-state index in [2.05, 4.69) is 15.5 Å². The summed E-state index contributed by atoms with van der Waals surface area (Å²) in [6, 6.07) is 18.1. The number of hydrogen-bond acceptors (Lipinski definition) is 4. The number of benzene rings is 3. The summed E-state index contributed by atoms with van der Waals surface area (Å²) < 4.78 is 5.62. The van der Waals surface area contributed by atoms with Gasteiger partial charge in [0.15, 0.2) is 0 Å². The van der Waals surface area contributed by atoms with Crippen molar-refractivity contribution in [3.63, 3.8) is 0 Å². The predicted molar refractivity (Wildman–Crippen MR) is 119 cm³/mol. The van der Waals surface area contributed by atoms with Gasteiger partial charge in [0.25, 0.3) is 5.91 Å². The maximum atomic E-state index is 12.7. The number of halogens is 1. The predicted octanol–water partition coefficient (Wildman–Crippen LogP) is 5.42. The summed E-state index contributed by atoms with van der Waals surface area (Å²) in [5.41, 5.74) is 4.39. The molecule has 4 rings (SSSR count). The molecule has 1 aromatic heterocycles.